The second kappa shape index (κ2) is 6.95. The normalized spacial score (nSPS) is 10.4. The molecule has 3 aromatic rings. The molecule has 0 amide bonds. The van der Waals surface area contributed by atoms with Crippen molar-refractivity contribution in [3.8, 4) is 22.9 Å². The maximum Gasteiger partial charge on any atom is 0.223 e. The van der Waals surface area contributed by atoms with Gasteiger partial charge in [-0.3, -0.25) is 4.79 Å². The molecule has 0 aliphatic heterocycles. The minimum absolute atomic E-state index is 0.0676. The zero-order valence-electron chi connectivity index (χ0n) is 13.4. The summed E-state index contributed by atoms with van der Waals surface area (Å²) >= 11 is 0. The number of aryl methyl sites for hydroxylation is 1. The second-order valence-corrected chi connectivity index (χ2v) is 5.11. The third kappa shape index (κ3) is 3.60. The number of ketones is 1. The SMILES string of the molecule is COc1cccc(C(=O)COc2cccc(-c3noc(C)n3)c2)c1. The van der Waals surface area contributed by atoms with Crippen LogP contribution in [0.2, 0.25) is 0 Å². The molecule has 0 N–H and O–H groups in total. The van der Waals surface area contributed by atoms with Crippen LogP contribution in [0.5, 0.6) is 11.5 Å². The third-order valence-electron chi connectivity index (χ3n) is 3.38. The van der Waals surface area contributed by atoms with Gasteiger partial charge in [0.2, 0.25) is 11.7 Å². The maximum atomic E-state index is 12.2. The molecule has 0 atom stereocenters. The Labute approximate surface area is 139 Å². The minimum atomic E-state index is -0.130. The first-order chi connectivity index (χ1) is 11.7. The van der Waals surface area contributed by atoms with Crippen molar-refractivity contribution in [3.05, 3.63) is 60.0 Å². The molecule has 6 nitrogen and oxygen atoms in total. The highest BCUT2D eigenvalue weighted by molar-refractivity contribution is 5.97. The largest absolute Gasteiger partial charge is 0.497 e. The van der Waals surface area contributed by atoms with Crippen LogP contribution < -0.4 is 9.47 Å². The highest BCUT2D eigenvalue weighted by atomic mass is 16.5. The lowest BCUT2D eigenvalue weighted by Gasteiger charge is -2.07. The van der Waals surface area contributed by atoms with Crippen molar-refractivity contribution in [2.75, 3.05) is 13.7 Å². The first-order valence-corrected chi connectivity index (χ1v) is 7.36. The van der Waals surface area contributed by atoms with Crippen molar-refractivity contribution in [3.63, 3.8) is 0 Å². The molecule has 1 aromatic heterocycles. The van der Waals surface area contributed by atoms with Gasteiger partial charge in [-0.2, -0.15) is 4.98 Å². The molecule has 122 valence electrons. The number of nitrogens with zero attached hydrogens (tertiary/aromatic N) is 2. The number of carbonyl (C=O) groups excluding carboxylic acids is 1. The van der Waals surface area contributed by atoms with Crippen LogP contribution in [0.1, 0.15) is 16.2 Å². The van der Waals surface area contributed by atoms with Crippen molar-refractivity contribution in [1.82, 2.24) is 10.1 Å². The summed E-state index contributed by atoms with van der Waals surface area (Å²) in [6.07, 6.45) is 0. The van der Waals surface area contributed by atoms with Crippen LogP contribution in [0.25, 0.3) is 11.4 Å². The fraction of sp³-hybridized carbons (Fsp3) is 0.167. The van der Waals surface area contributed by atoms with Gasteiger partial charge in [0.15, 0.2) is 12.4 Å². The predicted molar refractivity (Wildman–Crippen MR) is 87.3 cm³/mol. The highest BCUT2D eigenvalue weighted by Gasteiger charge is 2.10. The van der Waals surface area contributed by atoms with Crippen LogP contribution in [-0.4, -0.2) is 29.6 Å². The van der Waals surface area contributed by atoms with E-state index in [1.54, 1.807) is 50.4 Å². The molecule has 1 heterocycles. The number of hydrogen-bond acceptors (Lipinski definition) is 6. The molecule has 24 heavy (non-hydrogen) atoms. The van der Waals surface area contributed by atoms with E-state index in [1.165, 1.54) is 0 Å². The topological polar surface area (TPSA) is 74.5 Å². The summed E-state index contributed by atoms with van der Waals surface area (Å²) < 4.78 is 15.7. The van der Waals surface area contributed by atoms with E-state index >= 15 is 0 Å². The Balaban J connectivity index is 1.69. The maximum absolute atomic E-state index is 12.2. The molecule has 0 radical (unpaired) electrons. The van der Waals surface area contributed by atoms with E-state index in [9.17, 15) is 4.79 Å². The van der Waals surface area contributed by atoms with E-state index in [0.717, 1.165) is 5.56 Å². The average Bonchev–Trinajstić information content (AvgIpc) is 3.06. The lowest BCUT2D eigenvalue weighted by atomic mass is 10.1. The number of aromatic nitrogens is 2. The number of methoxy groups -OCH3 is 1. The summed E-state index contributed by atoms with van der Waals surface area (Å²) in [4.78, 5) is 16.4. The summed E-state index contributed by atoms with van der Waals surface area (Å²) in [6.45, 7) is 1.66. The third-order valence-corrected chi connectivity index (χ3v) is 3.38. The van der Waals surface area contributed by atoms with E-state index in [4.69, 9.17) is 14.0 Å². The van der Waals surface area contributed by atoms with Crippen molar-refractivity contribution < 1.29 is 18.8 Å². The van der Waals surface area contributed by atoms with Gasteiger partial charge in [-0.25, -0.2) is 0 Å². The van der Waals surface area contributed by atoms with Crippen molar-refractivity contribution >= 4 is 5.78 Å². The number of benzene rings is 2. The Kier molecular flexibility index (Phi) is 4.56. The summed E-state index contributed by atoms with van der Waals surface area (Å²) in [5, 5.41) is 3.87. The van der Waals surface area contributed by atoms with Crippen LogP contribution in [0.15, 0.2) is 53.1 Å². The number of rotatable bonds is 6. The Morgan fingerprint density at radius 3 is 2.67 bits per heavy atom. The Morgan fingerprint density at radius 2 is 1.92 bits per heavy atom. The number of carbonyl (C=O) groups is 1. The molecule has 0 spiro atoms. The second-order valence-electron chi connectivity index (χ2n) is 5.11. The molecule has 0 saturated heterocycles. The van der Waals surface area contributed by atoms with Crippen LogP contribution in [-0.2, 0) is 0 Å². The molecule has 0 fully saturated rings. The lowest BCUT2D eigenvalue weighted by Crippen LogP contribution is -2.11. The number of ether oxygens (including phenoxy) is 2. The fourth-order valence-corrected chi connectivity index (χ4v) is 2.17. The van der Waals surface area contributed by atoms with Gasteiger partial charge in [0.25, 0.3) is 0 Å². The van der Waals surface area contributed by atoms with Gasteiger partial charge in [0.1, 0.15) is 11.5 Å². The van der Waals surface area contributed by atoms with Crippen LogP contribution in [0, 0.1) is 6.92 Å². The summed E-state index contributed by atoms with van der Waals surface area (Å²) in [5.41, 5.74) is 1.30. The number of hydrogen-bond donors (Lipinski definition) is 0. The molecule has 2 aromatic carbocycles. The smallest absolute Gasteiger partial charge is 0.223 e. The first-order valence-electron chi connectivity index (χ1n) is 7.36. The quantitative estimate of drug-likeness (QED) is 0.648. The van der Waals surface area contributed by atoms with Gasteiger partial charge in [0.05, 0.1) is 7.11 Å². The zero-order chi connectivity index (χ0) is 16.9. The van der Waals surface area contributed by atoms with Gasteiger partial charge >= 0.3 is 0 Å². The van der Waals surface area contributed by atoms with E-state index in [2.05, 4.69) is 10.1 Å². The van der Waals surface area contributed by atoms with E-state index in [0.29, 0.717) is 28.8 Å². The van der Waals surface area contributed by atoms with Gasteiger partial charge in [0, 0.05) is 18.1 Å². The molecular formula is C18H16N2O4. The predicted octanol–water partition coefficient (Wildman–Crippen LogP) is 3.32. The van der Waals surface area contributed by atoms with Gasteiger partial charge < -0.3 is 14.0 Å². The summed E-state index contributed by atoms with van der Waals surface area (Å²) in [7, 11) is 1.56. The Bertz CT molecular complexity index is 857. The highest BCUT2D eigenvalue weighted by Crippen LogP contribution is 2.22. The van der Waals surface area contributed by atoms with Gasteiger partial charge in [-0.1, -0.05) is 29.4 Å². The summed E-state index contributed by atoms with van der Waals surface area (Å²) in [5.74, 6) is 2.04. The van der Waals surface area contributed by atoms with Gasteiger partial charge in [-0.15, -0.1) is 0 Å². The van der Waals surface area contributed by atoms with Crippen LogP contribution in [0.4, 0.5) is 0 Å². The van der Waals surface area contributed by atoms with Crippen LogP contribution in [0.3, 0.4) is 0 Å². The van der Waals surface area contributed by atoms with Crippen LogP contribution >= 0.6 is 0 Å². The fourth-order valence-electron chi connectivity index (χ4n) is 2.17. The Hall–Kier alpha value is -3.15. The zero-order valence-corrected chi connectivity index (χ0v) is 13.4. The first kappa shape index (κ1) is 15.7. The molecule has 6 heteroatoms. The summed E-state index contributed by atoms with van der Waals surface area (Å²) in [6, 6.07) is 14.2. The lowest BCUT2D eigenvalue weighted by molar-refractivity contribution is 0.0921. The van der Waals surface area contributed by atoms with Crippen molar-refractivity contribution in [2.24, 2.45) is 0 Å². The number of Topliss-reactive ketones (excluding diaryl/α,β-unsaturated/α-hetero) is 1. The average molecular weight is 324 g/mol. The van der Waals surface area contributed by atoms with Crippen molar-refractivity contribution in [2.45, 2.75) is 6.92 Å². The minimum Gasteiger partial charge on any atom is -0.497 e. The molecule has 0 unspecified atom stereocenters. The molecular weight excluding hydrogens is 308 g/mol. The monoisotopic (exact) mass is 324 g/mol. The van der Waals surface area contributed by atoms with E-state index in [-0.39, 0.29) is 12.4 Å². The molecule has 0 bridgehead atoms. The van der Waals surface area contributed by atoms with E-state index < -0.39 is 0 Å². The molecule has 0 aliphatic rings. The molecule has 3 rings (SSSR count). The van der Waals surface area contributed by atoms with Gasteiger partial charge in [-0.05, 0) is 24.3 Å². The van der Waals surface area contributed by atoms with E-state index in [1.807, 2.05) is 12.1 Å². The standard InChI is InChI=1S/C18H16N2O4/c1-12-19-18(20-24-12)14-6-4-8-16(10-14)23-11-17(21)13-5-3-7-15(9-13)22-2/h3-10H,11H2,1-2H3. The van der Waals surface area contributed by atoms with Crippen molar-refractivity contribution in [1.29, 1.82) is 0 Å². The molecule has 0 aliphatic carbocycles. The Morgan fingerprint density at radius 1 is 1.12 bits per heavy atom. The molecule has 0 saturated carbocycles.